The van der Waals surface area contributed by atoms with Crippen LogP contribution in [0, 0.1) is 0 Å². The number of carbonyl (C=O) groups excluding carboxylic acids is 1. The second-order valence-corrected chi connectivity index (χ2v) is 3.72. The molecule has 0 aliphatic heterocycles. The van der Waals surface area contributed by atoms with Gasteiger partial charge in [0.15, 0.2) is 0 Å². The number of aromatic nitrogens is 3. The number of hydrogen-bond acceptors (Lipinski definition) is 4. The van der Waals surface area contributed by atoms with Crippen LogP contribution in [0.2, 0.25) is 0 Å². The lowest BCUT2D eigenvalue weighted by Gasteiger charge is -2.07. The predicted octanol–water partition coefficient (Wildman–Crippen LogP) is 2.46. The highest BCUT2D eigenvalue weighted by Gasteiger charge is 2.39. The molecule has 0 N–H and O–H groups in total. The fraction of sp³-hybridized carbons (Fsp3) is 0.250. The van der Waals surface area contributed by atoms with E-state index in [1.54, 1.807) is 18.2 Å². The summed E-state index contributed by atoms with van der Waals surface area (Å²) in [6.07, 6.45) is -4.73. The minimum atomic E-state index is -4.73. The number of benzene rings is 1. The van der Waals surface area contributed by atoms with E-state index in [9.17, 15) is 18.0 Å². The van der Waals surface area contributed by atoms with Crippen molar-refractivity contribution >= 4 is 5.97 Å². The molecule has 1 aromatic carbocycles. The van der Waals surface area contributed by atoms with Crippen molar-refractivity contribution in [1.29, 1.82) is 0 Å². The maximum absolute atomic E-state index is 12.9. The van der Waals surface area contributed by atoms with Gasteiger partial charge in [0.05, 0.1) is 12.3 Å². The van der Waals surface area contributed by atoms with Gasteiger partial charge in [0.2, 0.25) is 5.82 Å². The Balaban J connectivity index is 2.52. The van der Waals surface area contributed by atoms with Gasteiger partial charge in [-0.25, -0.2) is 9.48 Å². The molecule has 0 aliphatic carbocycles. The third-order valence-corrected chi connectivity index (χ3v) is 2.32. The van der Waals surface area contributed by atoms with Crippen molar-refractivity contribution < 1.29 is 22.7 Å². The van der Waals surface area contributed by atoms with Gasteiger partial charge in [0.25, 0.3) is 5.82 Å². The molecule has 2 rings (SSSR count). The van der Waals surface area contributed by atoms with Gasteiger partial charge < -0.3 is 4.74 Å². The Morgan fingerprint density at radius 1 is 1.30 bits per heavy atom. The third-order valence-electron chi connectivity index (χ3n) is 2.32. The highest BCUT2D eigenvalue weighted by atomic mass is 19.4. The van der Waals surface area contributed by atoms with Gasteiger partial charge >= 0.3 is 12.1 Å². The average Bonchev–Trinajstić information content (AvgIpc) is 2.85. The van der Waals surface area contributed by atoms with Gasteiger partial charge in [-0.2, -0.15) is 18.2 Å². The smallest absolute Gasteiger partial charge is 0.451 e. The number of nitrogens with zero attached hydrogens (tertiary/aromatic N) is 3. The van der Waals surface area contributed by atoms with Gasteiger partial charge in [-0.1, -0.05) is 18.2 Å². The number of rotatable bonds is 3. The number of esters is 1. The molecule has 5 nitrogen and oxygen atoms in total. The molecule has 1 heterocycles. The van der Waals surface area contributed by atoms with Crippen molar-refractivity contribution in [2.45, 2.75) is 13.1 Å². The SMILES string of the molecule is CCOC(=O)c1nc(C(F)(F)F)n(-c2ccccc2)n1. The molecule has 2 aromatic rings. The van der Waals surface area contributed by atoms with Crippen molar-refractivity contribution in [2.24, 2.45) is 0 Å². The van der Waals surface area contributed by atoms with Gasteiger partial charge in [0, 0.05) is 0 Å². The first-order valence-electron chi connectivity index (χ1n) is 5.70. The van der Waals surface area contributed by atoms with E-state index < -0.39 is 23.8 Å². The van der Waals surface area contributed by atoms with Crippen LogP contribution in [0.1, 0.15) is 23.4 Å². The Morgan fingerprint density at radius 3 is 2.50 bits per heavy atom. The Kier molecular flexibility index (Phi) is 3.73. The van der Waals surface area contributed by atoms with Crippen LogP contribution in [0.3, 0.4) is 0 Å². The first-order valence-corrected chi connectivity index (χ1v) is 5.70. The number of alkyl halides is 3. The molecule has 0 saturated carbocycles. The van der Waals surface area contributed by atoms with Crippen LogP contribution < -0.4 is 0 Å². The van der Waals surface area contributed by atoms with Crippen molar-refractivity contribution in [1.82, 2.24) is 14.8 Å². The average molecular weight is 285 g/mol. The lowest BCUT2D eigenvalue weighted by molar-refractivity contribution is -0.146. The highest BCUT2D eigenvalue weighted by molar-refractivity contribution is 5.85. The molecule has 0 aliphatic rings. The maximum atomic E-state index is 12.9. The summed E-state index contributed by atoms with van der Waals surface area (Å²) in [7, 11) is 0. The molecule has 0 fully saturated rings. The van der Waals surface area contributed by atoms with Crippen LogP contribution in [0.4, 0.5) is 13.2 Å². The Bertz CT molecular complexity index is 608. The number of halogens is 3. The van der Waals surface area contributed by atoms with E-state index in [1.807, 2.05) is 0 Å². The normalized spacial score (nSPS) is 11.4. The fourth-order valence-electron chi connectivity index (χ4n) is 1.53. The molecule has 0 atom stereocenters. The Morgan fingerprint density at radius 2 is 1.95 bits per heavy atom. The molecule has 0 amide bonds. The van der Waals surface area contributed by atoms with Crippen LogP contribution in [0.15, 0.2) is 30.3 Å². The Labute approximate surface area is 112 Å². The molecule has 1 aromatic heterocycles. The minimum Gasteiger partial charge on any atom is -0.460 e. The molecule has 20 heavy (non-hydrogen) atoms. The molecule has 0 radical (unpaired) electrons. The van der Waals surface area contributed by atoms with Crippen LogP contribution >= 0.6 is 0 Å². The second kappa shape index (κ2) is 5.32. The van der Waals surface area contributed by atoms with Gasteiger partial charge in [0.1, 0.15) is 0 Å². The molecule has 106 valence electrons. The summed E-state index contributed by atoms with van der Waals surface area (Å²) >= 11 is 0. The summed E-state index contributed by atoms with van der Waals surface area (Å²) in [5.74, 6) is -2.89. The first-order chi connectivity index (χ1) is 9.43. The highest BCUT2D eigenvalue weighted by Crippen LogP contribution is 2.29. The van der Waals surface area contributed by atoms with Gasteiger partial charge in [-0.05, 0) is 19.1 Å². The van der Waals surface area contributed by atoms with Crippen LogP contribution in [-0.4, -0.2) is 27.3 Å². The molecule has 0 unspecified atom stereocenters. The zero-order chi connectivity index (χ0) is 14.8. The molecule has 0 saturated heterocycles. The largest absolute Gasteiger partial charge is 0.460 e. The summed E-state index contributed by atoms with van der Waals surface area (Å²) in [5, 5.41) is 3.58. The summed E-state index contributed by atoms with van der Waals surface area (Å²) in [4.78, 5) is 14.7. The van der Waals surface area contributed by atoms with E-state index in [0.29, 0.717) is 4.68 Å². The summed E-state index contributed by atoms with van der Waals surface area (Å²) < 4.78 is 43.9. The zero-order valence-electron chi connectivity index (χ0n) is 10.4. The topological polar surface area (TPSA) is 57.0 Å². The fourth-order valence-corrected chi connectivity index (χ4v) is 1.53. The van der Waals surface area contributed by atoms with E-state index in [4.69, 9.17) is 0 Å². The molecule has 0 spiro atoms. The van der Waals surface area contributed by atoms with E-state index >= 15 is 0 Å². The van der Waals surface area contributed by atoms with Crippen LogP contribution in [0.25, 0.3) is 5.69 Å². The number of hydrogen-bond donors (Lipinski definition) is 0. The summed E-state index contributed by atoms with van der Waals surface area (Å²) in [5.41, 5.74) is 0.155. The summed E-state index contributed by atoms with van der Waals surface area (Å²) in [6.45, 7) is 1.57. The maximum Gasteiger partial charge on any atom is 0.451 e. The van der Waals surface area contributed by atoms with Crippen molar-refractivity contribution in [2.75, 3.05) is 6.61 Å². The van der Waals surface area contributed by atoms with Crippen LogP contribution in [-0.2, 0) is 10.9 Å². The van der Waals surface area contributed by atoms with Crippen LogP contribution in [0.5, 0.6) is 0 Å². The lowest BCUT2D eigenvalue weighted by Crippen LogP contribution is -2.14. The third kappa shape index (κ3) is 2.79. The lowest BCUT2D eigenvalue weighted by atomic mass is 10.3. The Hall–Kier alpha value is -2.38. The van der Waals surface area contributed by atoms with Crippen molar-refractivity contribution in [3.05, 3.63) is 42.0 Å². The van der Waals surface area contributed by atoms with Crippen molar-refractivity contribution in [3.8, 4) is 5.69 Å². The van der Waals surface area contributed by atoms with E-state index in [2.05, 4.69) is 14.8 Å². The minimum absolute atomic E-state index is 0.0278. The van der Waals surface area contributed by atoms with Gasteiger partial charge in [-0.3, -0.25) is 0 Å². The molecular formula is C12H10F3N3O2. The van der Waals surface area contributed by atoms with E-state index in [-0.39, 0.29) is 12.3 Å². The quantitative estimate of drug-likeness (QED) is 0.813. The molecular weight excluding hydrogens is 275 g/mol. The number of carbonyl (C=O) groups is 1. The summed E-state index contributed by atoms with van der Waals surface area (Å²) in [6, 6.07) is 7.63. The number of para-hydroxylation sites is 1. The molecule has 8 heteroatoms. The number of ether oxygens (including phenoxy) is 1. The van der Waals surface area contributed by atoms with E-state index in [1.165, 1.54) is 19.1 Å². The second-order valence-electron chi connectivity index (χ2n) is 3.72. The first kappa shape index (κ1) is 14.0. The predicted molar refractivity (Wildman–Crippen MR) is 62.3 cm³/mol. The van der Waals surface area contributed by atoms with E-state index in [0.717, 1.165) is 0 Å². The zero-order valence-corrected chi connectivity index (χ0v) is 10.4. The standard InChI is InChI=1S/C12H10F3N3O2/c1-2-20-10(19)9-16-11(12(13,14)15)18(17-9)8-6-4-3-5-7-8/h3-7H,2H2,1H3. The van der Waals surface area contributed by atoms with Crippen molar-refractivity contribution in [3.63, 3.8) is 0 Å². The monoisotopic (exact) mass is 285 g/mol. The molecule has 0 bridgehead atoms. The van der Waals surface area contributed by atoms with Gasteiger partial charge in [-0.15, -0.1) is 5.10 Å².